The minimum absolute atomic E-state index is 0.0475. The van der Waals surface area contributed by atoms with Crippen molar-refractivity contribution >= 4 is 46.8 Å². The van der Waals surface area contributed by atoms with Gasteiger partial charge in [-0.1, -0.05) is 12.1 Å². The number of ketones is 1. The molecule has 2 aliphatic heterocycles. The van der Waals surface area contributed by atoms with Gasteiger partial charge in [0.15, 0.2) is 17.2 Å². The molecular weight excluding hydrogens is 835 g/mol. The van der Waals surface area contributed by atoms with E-state index in [1.54, 1.807) is 60.8 Å². The Morgan fingerprint density at radius 1 is 0.938 bits per heavy atom. The van der Waals surface area contributed by atoms with Crippen LogP contribution in [0.1, 0.15) is 104 Å². The van der Waals surface area contributed by atoms with Crippen LogP contribution in [0.5, 0.6) is 0 Å². The number of carbonyl (C=O) groups excluding carboxylic acids is 6. The molecule has 8 rings (SSSR count). The second kappa shape index (κ2) is 19.6. The van der Waals surface area contributed by atoms with Crippen molar-refractivity contribution in [2.75, 3.05) is 43.6 Å². The van der Waals surface area contributed by atoms with Gasteiger partial charge in [0, 0.05) is 49.9 Å². The molecular formula is C45H44F2N8O9. The zero-order chi connectivity index (χ0) is 44.7. The average Bonchev–Trinajstić information content (AvgIpc) is 3.70. The number of oxazole rings is 1. The van der Waals surface area contributed by atoms with Crippen LogP contribution in [-0.2, 0) is 25.5 Å². The second-order valence-corrected chi connectivity index (χ2v) is 15.6. The zero-order valence-electron chi connectivity index (χ0n) is 34.5. The highest BCUT2D eigenvalue weighted by Gasteiger charge is 2.45. The number of carbonyl (C=O) groups is 6. The molecule has 3 aliphatic rings. The highest BCUT2D eigenvalue weighted by Crippen LogP contribution is 2.32. The lowest BCUT2D eigenvalue weighted by atomic mass is 9.99. The number of anilines is 2. The summed E-state index contributed by atoms with van der Waals surface area (Å²) in [6.07, 6.45) is 5.21. The van der Waals surface area contributed by atoms with Crippen molar-refractivity contribution in [2.45, 2.75) is 63.8 Å². The van der Waals surface area contributed by atoms with Gasteiger partial charge < -0.3 is 24.5 Å². The topological polar surface area (TPSA) is 217 Å². The minimum Gasteiger partial charge on any atom is -0.444 e. The second-order valence-electron chi connectivity index (χ2n) is 15.6. The smallest absolute Gasteiger partial charge is 0.284 e. The number of amides is 5. The number of benzene rings is 2. The van der Waals surface area contributed by atoms with Gasteiger partial charge in [-0.25, -0.2) is 23.4 Å². The molecule has 5 heterocycles. The van der Waals surface area contributed by atoms with Crippen LogP contribution in [0.2, 0.25) is 0 Å². The van der Waals surface area contributed by atoms with Crippen LogP contribution in [0.3, 0.4) is 0 Å². The Labute approximate surface area is 364 Å². The number of halogens is 2. The Morgan fingerprint density at radius 3 is 2.47 bits per heavy atom. The first-order valence-electron chi connectivity index (χ1n) is 21.0. The predicted molar refractivity (Wildman–Crippen MR) is 224 cm³/mol. The molecule has 1 saturated carbocycles. The summed E-state index contributed by atoms with van der Waals surface area (Å²) in [4.78, 5) is 85.7. The molecule has 0 radical (unpaired) electrons. The van der Waals surface area contributed by atoms with Gasteiger partial charge in [-0.15, -0.1) is 0 Å². The predicted octanol–water partition coefficient (Wildman–Crippen LogP) is 5.96. The number of alkyl halides is 2. The number of piperidine rings is 1. The maximum atomic E-state index is 14.0. The van der Waals surface area contributed by atoms with Gasteiger partial charge in [-0.05, 0) is 92.5 Å². The van der Waals surface area contributed by atoms with E-state index >= 15 is 0 Å². The molecule has 64 heavy (non-hydrogen) atoms. The molecule has 1 saturated heterocycles. The number of fused-ring (bicyclic) bond motifs is 1. The van der Waals surface area contributed by atoms with Crippen LogP contribution < -0.4 is 16.0 Å². The first-order chi connectivity index (χ1) is 31.0. The molecule has 5 amide bonds. The number of nitrogens with one attached hydrogen (secondary N) is 3. The van der Waals surface area contributed by atoms with Gasteiger partial charge in [0.25, 0.3) is 24.1 Å². The third-order valence-electron chi connectivity index (χ3n) is 11.0. The summed E-state index contributed by atoms with van der Waals surface area (Å²) in [7, 11) is 0. The Balaban J connectivity index is 0.743. The molecule has 1 unspecified atom stereocenters. The maximum absolute atomic E-state index is 14.0. The summed E-state index contributed by atoms with van der Waals surface area (Å²) >= 11 is 0. The van der Waals surface area contributed by atoms with E-state index in [2.05, 4.69) is 31.0 Å². The molecule has 5 aromatic rings. The molecule has 0 spiro atoms. The summed E-state index contributed by atoms with van der Waals surface area (Å²) in [5.74, 6) is -1.61. The van der Waals surface area contributed by atoms with Crippen molar-refractivity contribution in [3.05, 3.63) is 107 Å². The molecule has 3 N–H and O–H groups in total. The first kappa shape index (κ1) is 43.7. The standard InChI is InChI=1S/C45H44F2N8O9/c46-40(47)39-32(50-41(58)33-25-64-43(51-33)29-16-17-48-36(22-29)49-23-26-8-9-26)24-54(53-39)30-12-10-27(11-13-30)35(56)7-3-19-63-21-20-62-18-2-5-28-4-1-6-31-38(28)45(61)55(44(31)60)34-14-15-37(57)52-42(34)59/h1,4,6,10-13,16-17,22,24-26,34,40H,2-3,5,7-9,14-15,18-21,23H2,(H,48,49)(H,50,58)(H,52,57,59). The van der Waals surface area contributed by atoms with Crippen molar-refractivity contribution in [3.63, 3.8) is 0 Å². The SMILES string of the molecule is O=C1CCC(N2C(=O)c3cccc(CCCOCCOCCCC(=O)c4ccc(-n5cc(NC(=O)c6coc(-c7ccnc(NCC8CC8)c7)n6)c(C(F)F)n5)cc4)c3C2=O)C(=O)N1. The molecule has 1 atom stereocenters. The fraction of sp³-hybridized carbons (Fsp3) is 0.356. The van der Waals surface area contributed by atoms with Crippen molar-refractivity contribution in [1.82, 2.24) is 30.0 Å². The number of aryl methyl sites for hydroxylation is 1. The highest BCUT2D eigenvalue weighted by atomic mass is 19.3. The number of hydrogen-bond acceptors (Lipinski definition) is 13. The fourth-order valence-corrected chi connectivity index (χ4v) is 7.46. The van der Waals surface area contributed by atoms with Crippen molar-refractivity contribution in [3.8, 4) is 17.1 Å². The third kappa shape index (κ3) is 10.1. The fourth-order valence-electron chi connectivity index (χ4n) is 7.46. The Kier molecular flexibility index (Phi) is 13.4. The van der Waals surface area contributed by atoms with Crippen LogP contribution in [0.4, 0.5) is 20.3 Å². The number of ether oxygens (including phenoxy) is 2. The van der Waals surface area contributed by atoms with Crippen LogP contribution in [0.25, 0.3) is 17.1 Å². The summed E-state index contributed by atoms with van der Waals surface area (Å²) in [6, 6.07) is 13.7. The van der Waals surface area contributed by atoms with E-state index in [1.807, 2.05) is 0 Å². The number of Topliss-reactive ketones (excluding diaryl/α,β-unsaturated/α-hetero) is 1. The Bertz CT molecular complexity index is 2570. The lowest BCUT2D eigenvalue weighted by Gasteiger charge is -2.27. The van der Waals surface area contributed by atoms with Crippen molar-refractivity contribution in [1.29, 1.82) is 0 Å². The molecule has 17 nitrogen and oxygen atoms in total. The Morgan fingerprint density at radius 2 is 1.72 bits per heavy atom. The molecule has 1 aliphatic carbocycles. The molecule has 2 aromatic carbocycles. The Hall–Kier alpha value is -6.99. The summed E-state index contributed by atoms with van der Waals surface area (Å²) in [6.45, 7) is 2.11. The van der Waals surface area contributed by atoms with Crippen molar-refractivity contribution < 1.29 is 51.4 Å². The van der Waals surface area contributed by atoms with Gasteiger partial charge in [0.2, 0.25) is 17.7 Å². The molecule has 19 heteroatoms. The van der Waals surface area contributed by atoms with E-state index in [1.165, 1.54) is 23.7 Å². The maximum Gasteiger partial charge on any atom is 0.284 e. The average molecular weight is 879 g/mol. The van der Waals surface area contributed by atoms with Gasteiger partial charge in [0.05, 0.1) is 41.9 Å². The normalized spacial score (nSPS) is 16.0. The van der Waals surface area contributed by atoms with Crippen LogP contribution in [-0.4, -0.2) is 99.0 Å². The first-order valence-corrected chi connectivity index (χ1v) is 21.0. The van der Waals surface area contributed by atoms with Crippen LogP contribution >= 0.6 is 0 Å². The van der Waals surface area contributed by atoms with E-state index in [9.17, 15) is 37.5 Å². The van der Waals surface area contributed by atoms with E-state index in [-0.39, 0.29) is 53.4 Å². The number of pyridine rings is 1. The summed E-state index contributed by atoms with van der Waals surface area (Å²) < 4.78 is 46.1. The van der Waals surface area contributed by atoms with E-state index in [0.29, 0.717) is 79.8 Å². The van der Waals surface area contributed by atoms with Gasteiger partial charge in [0.1, 0.15) is 18.1 Å². The van der Waals surface area contributed by atoms with E-state index < -0.39 is 47.7 Å². The number of nitrogens with zero attached hydrogens (tertiary/aromatic N) is 5. The van der Waals surface area contributed by atoms with Crippen molar-refractivity contribution in [2.24, 2.45) is 5.92 Å². The zero-order valence-corrected chi connectivity index (χ0v) is 34.5. The summed E-state index contributed by atoms with van der Waals surface area (Å²) in [5, 5.41) is 11.9. The minimum atomic E-state index is -3.00. The molecule has 0 bridgehead atoms. The molecule has 3 aromatic heterocycles. The monoisotopic (exact) mass is 878 g/mol. The largest absolute Gasteiger partial charge is 0.444 e. The van der Waals surface area contributed by atoms with Gasteiger partial charge in [-0.3, -0.25) is 39.0 Å². The van der Waals surface area contributed by atoms with E-state index in [0.717, 1.165) is 17.7 Å². The van der Waals surface area contributed by atoms with E-state index in [4.69, 9.17) is 13.9 Å². The molecule has 2 fully saturated rings. The number of hydrogen-bond donors (Lipinski definition) is 3. The van der Waals surface area contributed by atoms with Gasteiger partial charge in [-0.2, -0.15) is 5.10 Å². The van der Waals surface area contributed by atoms with Gasteiger partial charge >= 0.3 is 0 Å². The highest BCUT2D eigenvalue weighted by molar-refractivity contribution is 6.24. The lowest BCUT2D eigenvalue weighted by molar-refractivity contribution is -0.136. The van der Waals surface area contributed by atoms with Crippen LogP contribution in [0.15, 0.2) is 77.7 Å². The number of rotatable bonds is 21. The van der Waals surface area contributed by atoms with Crippen LogP contribution in [0, 0.1) is 5.92 Å². The number of aromatic nitrogens is 4. The number of imide groups is 2. The quantitative estimate of drug-likeness (QED) is 0.0441. The molecule has 332 valence electrons. The third-order valence-corrected chi connectivity index (χ3v) is 11.0. The summed E-state index contributed by atoms with van der Waals surface area (Å²) in [5.41, 5.74) is 1.62. The lowest BCUT2D eigenvalue weighted by Crippen LogP contribution is -2.54.